The summed E-state index contributed by atoms with van der Waals surface area (Å²) < 4.78 is 5.07. The zero-order valence-corrected chi connectivity index (χ0v) is 16.0. The highest BCUT2D eigenvalue weighted by molar-refractivity contribution is 5.97. The van der Waals surface area contributed by atoms with E-state index in [4.69, 9.17) is 16.3 Å². The average Bonchev–Trinajstić information content (AvgIpc) is 2.68. The molecule has 0 bridgehead atoms. The molecule has 2 aromatic carbocycles. The number of amides is 1. The van der Waals surface area contributed by atoms with E-state index >= 15 is 0 Å². The third kappa shape index (κ3) is 8.21. The van der Waals surface area contributed by atoms with Crippen molar-refractivity contribution in [2.75, 3.05) is 31.0 Å². The first-order chi connectivity index (χ1) is 13.0. The van der Waals surface area contributed by atoms with Gasteiger partial charge in [-0.15, -0.1) is 5.10 Å². The summed E-state index contributed by atoms with van der Waals surface area (Å²) in [6.45, 7) is 4.67. The van der Waals surface area contributed by atoms with Gasteiger partial charge in [-0.3, -0.25) is 4.79 Å². The molecule has 0 saturated carbocycles. The van der Waals surface area contributed by atoms with Crippen molar-refractivity contribution in [1.82, 2.24) is 5.12 Å². The van der Waals surface area contributed by atoms with Crippen LogP contribution < -0.4 is 22.2 Å². The molecule has 27 heavy (non-hydrogen) atoms. The van der Waals surface area contributed by atoms with Gasteiger partial charge in [-0.25, -0.2) is 11.0 Å². The molecule has 0 unspecified atom stereocenters. The van der Waals surface area contributed by atoms with Crippen LogP contribution in [0.25, 0.3) is 0 Å². The van der Waals surface area contributed by atoms with Gasteiger partial charge in [-0.1, -0.05) is 18.2 Å². The maximum atomic E-state index is 10.2. The van der Waals surface area contributed by atoms with E-state index in [0.717, 1.165) is 5.12 Å². The van der Waals surface area contributed by atoms with E-state index in [1.807, 2.05) is 26.1 Å². The van der Waals surface area contributed by atoms with Crippen molar-refractivity contribution in [2.45, 2.75) is 13.8 Å². The first-order valence-electron chi connectivity index (χ1n) is 8.49. The highest BCUT2D eigenvalue weighted by Crippen LogP contribution is 2.11. The molecule has 8 heteroatoms. The second kappa shape index (κ2) is 12.3. The molecule has 2 aromatic rings. The van der Waals surface area contributed by atoms with E-state index in [-0.39, 0.29) is 12.6 Å². The Labute approximate surface area is 160 Å². The Kier molecular flexibility index (Phi) is 9.98. The normalized spacial score (nSPS) is 10.4. The Hall–Kier alpha value is -3.10. The second-order valence-corrected chi connectivity index (χ2v) is 5.45. The van der Waals surface area contributed by atoms with Crippen LogP contribution in [-0.2, 0) is 9.53 Å². The first kappa shape index (κ1) is 21.9. The molecule has 0 aliphatic carbocycles. The first-order valence-corrected chi connectivity index (χ1v) is 8.49. The van der Waals surface area contributed by atoms with Crippen LogP contribution >= 0.6 is 0 Å². The fourth-order valence-electron chi connectivity index (χ4n) is 2.07. The number of nitrogens with one attached hydrogen (secondary N) is 2. The molecule has 1 amide bonds. The molecule has 0 spiro atoms. The van der Waals surface area contributed by atoms with Crippen LogP contribution in [0.15, 0.2) is 53.6 Å². The Morgan fingerprint density at radius 3 is 2.41 bits per heavy atom. The van der Waals surface area contributed by atoms with E-state index in [1.165, 1.54) is 11.3 Å². The van der Waals surface area contributed by atoms with Gasteiger partial charge < -0.3 is 21.1 Å². The van der Waals surface area contributed by atoms with Crippen LogP contribution in [0.4, 0.5) is 11.4 Å². The minimum absolute atomic E-state index is 0.169. The second-order valence-electron chi connectivity index (χ2n) is 5.45. The zero-order valence-electron chi connectivity index (χ0n) is 16.0. The van der Waals surface area contributed by atoms with Crippen molar-refractivity contribution in [2.24, 2.45) is 16.7 Å². The predicted octanol–water partition coefficient (Wildman–Crippen LogP) is 2.08. The summed E-state index contributed by atoms with van der Waals surface area (Å²) in [5.41, 5.74) is 9.66. The van der Waals surface area contributed by atoms with Crippen molar-refractivity contribution < 1.29 is 9.53 Å². The topological polar surface area (TPSA) is 118 Å². The molecule has 0 fully saturated rings. The van der Waals surface area contributed by atoms with Crippen LogP contribution in [0.3, 0.4) is 0 Å². The van der Waals surface area contributed by atoms with Gasteiger partial charge in [0, 0.05) is 30.6 Å². The van der Waals surface area contributed by atoms with E-state index in [1.54, 1.807) is 24.3 Å². The zero-order chi connectivity index (χ0) is 20.1. The van der Waals surface area contributed by atoms with Crippen LogP contribution in [0.5, 0.6) is 0 Å². The number of hydrogen-bond acceptors (Lipinski definition) is 6. The number of nitrogens with two attached hydrogens (primary N) is 2. The lowest BCUT2D eigenvalue weighted by molar-refractivity contribution is -0.105. The minimum Gasteiger partial charge on any atom is -0.388 e. The summed E-state index contributed by atoms with van der Waals surface area (Å²) in [5, 5.41) is 10.7. The lowest BCUT2D eigenvalue weighted by atomic mass is 10.2. The summed E-state index contributed by atoms with van der Waals surface area (Å²) in [6, 6.07) is 15.1. The molecule has 0 aromatic heterocycles. The summed E-state index contributed by atoms with van der Waals surface area (Å²) in [4.78, 5) is 10.2. The van der Waals surface area contributed by atoms with Gasteiger partial charge in [0.15, 0.2) is 12.6 Å². The quantitative estimate of drug-likeness (QED) is 0.141. The number of hydrazone groups is 1. The average molecular weight is 372 g/mol. The van der Waals surface area contributed by atoms with E-state index in [9.17, 15) is 4.79 Å². The smallest absolute Gasteiger partial charge is 0.211 e. The Balaban J connectivity index is 0.000000337. The number of para-hydroxylation sites is 1. The summed E-state index contributed by atoms with van der Waals surface area (Å²) >= 11 is 0. The number of benzene rings is 2. The number of carbonyl (C=O) groups excluding carboxylic acids is 1. The minimum atomic E-state index is 0.169. The van der Waals surface area contributed by atoms with Crippen molar-refractivity contribution >= 4 is 23.6 Å². The van der Waals surface area contributed by atoms with Gasteiger partial charge in [-0.05, 0) is 49.7 Å². The summed E-state index contributed by atoms with van der Waals surface area (Å²) in [5.74, 6) is 5.83. The lowest BCUT2D eigenvalue weighted by Gasteiger charge is -2.13. The van der Waals surface area contributed by atoms with E-state index in [2.05, 4.69) is 34.8 Å². The largest absolute Gasteiger partial charge is 0.388 e. The number of hydrogen-bond donors (Lipinski definition) is 4. The van der Waals surface area contributed by atoms with Crippen molar-refractivity contribution in [3.05, 3.63) is 59.7 Å². The van der Waals surface area contributed by atoms with Crippen LogP contribution in [-0.4, -0.2) is 37.7 Å². The molecule has 0 saturated heterocycles. The third-order valence-corrected chi connectivity index (χ3v) is 3.48. The fraction of sp³-hybridized carbons (Fsp3) is 0.263. The highest BCUT2D eigenvalue weighted by Gasteiger charge is 2.01. The third-order valence-electron chi connectivity index (χ3n) is 3.48. The highest BCUT2D eigenvalue weighted by atomic mass is 16.5. The Morgan fingerprint density at radius 1 is 1.22 bits per heavy atom. The van der Waals surface area contributed by atoms with E-state index < -0.39 is 0 Å². The number of amidine groups is 1. The molecule has 0 radical (unpaired) electrons. The number of anilines is 2. The number of carbonyl (C=O) groups is 1. The maximum Gasteiger partial charge on any atom is 0.211 e. The van der Waals surface area contributed by atoms with Gasteiger partial charge in [0.1, 0.15) is 0 Å². The molecule has 2 rings (SSSR count). The van der Waals surface area contributed by atoms with Gasteiger partial charge in [0.05, 0.1) is 0 Å². The molecule has 0 aliphatic heterocycles. The summed E-state index contributed by atoms with van der Waals surface area (Å²) in [7, 11) is 1.93. The van der Waals surface area contributed by atoms with E-state index in [0.29, 0.717) is 24.3 Å². The summed E-state index contributed by atoms with van der Waals surface area (Å²) in [6.07, 6.45) is 0.607. The molecular formula is C19H28N6O2. The van der Waals surface area contributed by atoms with Crippen LogP contribution in [0.2, 0.25) is 0 Å². The van der Waals surface area contributed by atoms with Gasteiger partial charge in [0.2, 0.25) is 6.41 Å². The lowest BCUT2D eigenvalue weighted by Crippen LogP contribution is -2.31. The van der Waals surface area contributed by atoms with Crippen LogP contribution in [0.1, 0.15) is 18.1 Å². The van der Waals surface area contributed by atoms with Crippen molar-refractivity contribution in [1.29, 1.82) is 0 Å². The van der Waals surface area contributed by atoms with Gasteiger partial charge in [0.25, 0.3) is 0 Å². The van der Waals surface area contributed by atoms with Crippen LogP contribution in [0, 0.1) is 6.92 Å². The molecule has 0 heterocycles. The Morgan fingerprint density at radius 2 is 1.89 bits per heavy atom. The van der Waals surface area contributed by atoms with Crippen molar-refractivity contribution in [3.8, 4) is 0 Å². The fourth-order valence-corrected chi connectivity index (χ4v) is 2.07. The molecule has 146 valence electrons. The SMILES string of the molecule is CCOCN(N)/N=C(\N)c1ccc(NC=O)cc1.CNc1ccccc1C. The number of ether oxygens (including phenoxy) is 1. The molecular weight excluding hydrogens is 344 g/mol. The predicted molar refractivity (Wildman–Crippen MR) is 110 cm³/mol. The number of nitrogens with zero attached hydrogens (tertiary/aromatic N) is 2. The number of rotatable bonds is 8. The van der Waals surface area contributed by atoms with Gasteiger partial charge >= 0.3 is 0 Å². The number of hydrazine groups is 1. The molecule has 8 nitrogen and oxygen atoms in total. The monoisotopic (exact) mass is 372 g/mol. The maximum absolute atomic E-state index is 10.2. The Bertz CT molecular complexity index is 718. The standard InChI is InChI=1S/C11H17N5O2.C8H11N/c1-2-18-8-16(13)15-11(12)9-3-5-10(6-4-9)14-7-17;1-7-5-3-4-6-8(7)9-2/h3-7H,2,8,13H2,1H3,(H2,12,15)(H,14,17);3-6,9H,1-2H3. The van der Waals surface area contributed by atoms with Gasteiger partial charge in [-0.2, -0.15) is 0 Å². The number of aryl methyl sites for hydroxylation is 1. The molecule has 6 N–H and O–H groups in total. The van der Waals surface area contributed by atoms with Crippen molar-refractivity contribution in [3.63, 3.8) is 0 Å². The molecule has 0 atom stereocenters. The molecule has 0 aliphatic rings.